The molecule has 0 aromatic heterocycles. The van der Waals surface area contributed by atoms with Crippen LogP contribution in [0.2, 0.25) is 12.6 Å². The molecule has 0 bridgehead atoms. The minimum atomic E-state index is 0.504. The van der Waals surface area contributed by atoms with Crippen molar-refractivity contribution in [3.05, 3.63) is 12.2 Å². The van der Waals surface area contributed by atoms with Crippen LogP contribution in [0.3, 0.4) is 0 Å². The van der Waals surface area contributed by atoms with Gasteiger partial charge in [0.25, 0.3) is 6.92 Å². The Morgan fingerprint density at radius 3 is 2.70 bits per heavy atom. The standard InChI is InChI=1S/C18H35BO/c1-4-5-6-10-14-19(20-16-17(2)3)15-13-18-11-8-7-9-12-18/h8,11,17-18H,4-7,9-10,12-16H2,1-3H3. The predicted octanol–water partition coefficient (Wildman–Crippen LogP) is 5.98. The molecule has 0 saturated heterocycles. The molecule has 2 heteroatoms. The van der Waals surface area contributed by atoms with E-state index in [1.54, 1.807) is 0 Å². The first-order chi connectivity index (χ1) is 9.72. The maximum atomic E-state index is 6.15. The zero-order valence-corrected chi connectivity index (χ0v) is 14.1. The number of hydrogen-bond donors (Lipinski definition) is 0. The average molecular weight is 278 g/mol. The molecule has 1 nitrogen and oxygen atoms in total. The van der Waals surface area contributed by atoms with Gasteiger partial charge in [0, 0.05) is 6.61 Å². The first-order valence-electron chi connectivity index (χ1n) is 9.00. The van der Waals surface area contributed by atoms with Gasteiger partial charge in [-0.2, -0.15) is 0 Å². The monoisotopic (exact) mass is 278 g/mol. The Morgan fingerprint density at radius 1 is 1.20 bits per heavy atom. The Balaban J connectivity index is 2.24. The zero-order valence-electron chi connectivity index (χ0n) is 14.1. The molecule has 0 aliphatic heterocycles. The van der Waals surface area contributed by atoms with Crippen molar-refractivity contribution in [2.45, 2.75) is 84.8 Å². The SMILES string of the molecule is CCCCCCB(CCC1C=CCCC1)OCC(C)C. The summed E-state index contributed by atoms with van der Waals surface area (Å²) in [5, 5.41) is 0. The summed E-state index contributed by atoms with van der Waals surface area (Å²) < 4.78 is 6.15. The Morgan fingerprint density at radius 2 is 2.05 bits per heavy atom. The van der Waals surface area contributed by atoms with E-state index < -0.39 is 0 Å². The lowest BCUT2D eigenvalue weighted by Gasteiger charge is -2.20. The van der Waals surface area contributed by atoms with E-state index in [1.165, 1.54) is 64.0 Å². The van der Waals surface area contributed by atoms with Crippen LogP contribution >= 0.6 is 0 Å². The summed E-state index contributed by atoms with van der Waals surface area (Å²) in [5.74, 6) is 1.48. The Hall–Kier alpha value is -0.235. The normalized spacial score (nSPS) is 18.7. The fourth-order valence-electron chi connectivity index (χ4n) is 2.96. The van der Waals surface area contributed by atoms with E-state index in [1.807, 2.05) is 0 Å². The third kappa shape index (κ3) is 8.84. The van der Waals surface area contributed by atoms with E-state index in [-0.39, 0.29) is 0 Å². The van der Waals surface area contributed by atoms with Crippen molar-refractivity contribution in [1.82, 2.24) is 0 Å². The third-order valence-corrected chi connectivity index (χ3v) is 4.26. The molecule has 116 valence electrons. The van der Waals surface area contributed by atoms with E-state index in [0.29, 0.717) is 12.8 Å². The second kappa shape index (κ2) is 11.4. The van der Waals surface area contributed by atoms with E-state index in [0.717, 1.165) is 12.5 Å². The van der Waals surface area contributed by atoms with Gasteiger partial charge in [-0.3, -0.25) is 0 Å². The minimum Gasteiger partial charge on any atom is -0.436 e. The van der Waals surface area contributed by atoms with Crippen LogP contribution in [0.4, 0.5) is 0 Å². The third-order valence-electron chi connectivity index (χ3n) is 4.26. The molecule has 0 N–H and O–H groups in total. The summed E-state index contributed by atoms with van der Waals surface area (Å²) in [5.41, 5.74) is 0. The minimum absolute atomic E-state index is 0.504. The zero-order chi connectivity index (χ0) is 14.6. The number of hydrogen-bond acceptors (Lipinski definition) is 1. The second-order valence-corrected chi connectivity index (χ2v) is 6.90. The quantitative estimate of drug-likeness (QED) is 0.257. The highest BCUT2D eigenvalue weighted by Crippen LogP contribution is 2.24. The van der Waals surface area contributed by atoms with Gasteiger partial charge >= 0.3 is 0 Å². The highest BCUT2D eigenvalue weighted by molar-refractivity contribution is 6.51. The fraction of sp³-hybridized carbons (Fsp3) is 0.889. The van der Waals surface area contributed by atoms with Gasteiger partial charge < -0.3 is 4.65 Å². The first kappa shape index (κ1) is 17.8. The molecule has 0 heterocycles. The van der Waals surface area contributed by atoms with Gasteiger partial charge in [-0.05, 0) is 43.7 Å². The molecule has 0 spiro atoms. The van der Waals surface area contributed by atoms with Crippen LogP contribution in [0.1, 0.15) is 72.1 Å². The van der Waals surface area contributed by atoms with Crippen LogP contribution < -0.4 is 0 Å². The first-order valence-corrected chi connectivity index (χ1v) is 9.00. The maximum Gasteiger partial charge on any atom is 0.293 e. The Bertz CT molecular complexity index is 250. The molecule has 1 rings (SSSR count). The van der Waals surface area contributed by atoms with Gasteiger partial charge in [0.05, 0.1) is 0 Å². The van der Waals surface area contributed by atoms with Crippen molar-refractivity contribution in [2.75, 3.05) is 6.61 Å². The summed E-state index contributed by atoms with van der Waals surface area (Å²) >= 11 is 0. The molecule has 0 aromatic rings. The summed E-state index contributed by atoms with van der Waals surface area (Å²) in [7, 11) is 0. The van der Waals surface area contributed by atoms with Gasteiger partial charge in [0.2, 0.25) is 0 Å². The second-order valence-electron chi connectivity index (χ2n) is 6.90. The Labute approximate surface area is 127 Å². The van der Waals surface area contributed by atoms with Gasteiger partial charge in [-0.25, -0.2) is 0 Å². The van der Waals surface area contributed by atoms with Crippen LogP contribution in [-0.2, 0) is 4.65 Å². The van der Waals surface area contributed by atoms with Gasteiger partial charge in [-0.1, -0.05) is 65.0 Å². The molecule has 0 aromatic carbocycles. The van der Waals surface area contributed by atoms with Gasteiger partial charge in [0.15, 0.2) is 0 Å². The van der Waals surface area contributed by atoms with Gasteiger partial charge in [0.1, 0.15) is 0 Å². The Kier molecular flexibility index (Phi) is 10.2. The van der Waals surface area contributed by atoms with Crippen LogP contribution in [0, 0.1) is 11.8 Å². The molecule has 0 saturated carbocycles. The summed E-state index contributed by atoms with van der Waals surface area (Å²) in [6, 6.07) is 0. The van der Waals surface area contributed by atoms with E-state index in [2.05, 4.69) is 32.9 Å². The van der Waals surface area contributed by atoms with Crippen LogP contribution in [0.5, 0.6) is 0 Å². The van der Waals surface area contributed by atoms with E-state index >= 15 is 0 Å². The molecule has 1 aliphatic carbocycles. The smallest absolute Gasteiger partial charge is 0.293 e. The van der Waals surface area contributed by atoms with Crippen molar-refractivity contribution in [1.29, 1.82) is 0 Å². The summed E-state index contributed by atoms with van der Waals surface area (Å²) in [4.78, 5) is 0. The highest BCUT2D eigenvalue weighted by atomic mass is 16.4. The van der Waals surface area contributed by atoms with Crippen molar-refractivity contribution >= 4 is 6.92 Å². The lowest BCUT2D eigenvalue weighted by molar-refractivity contribution is 0.268. The van der Waals surface area contributed by atoms with Crippen molar-refractivity contribution in [2.24, 2.45) is 11.8 Å². The lowest BCUT2D eigenvalue weighted by atomic mass is 9.58. The van der Waals surface area contributed by atoms with Crippen LogP contribution in [0.15, 0.2) is 12.2 Å². The van der Waals surface area contributed by atoms with E-state index in [4.69, 9.17) is 4.65 Å². The molecule has 0 fully saturated rings. The molecular weight excluding hydrogens is 243 g/mol. The molecule has 20 heavy (non-hydrogen) atoms. The molecule has 0 radical (unpaired) electrons. The number of rotatable bonds is 11. The summed E-state index contributed by atoms with van der Waals surface area (Å²) in [6.07, 6.45) is 18.2. The van der Waals surface area contributed by atoms with Crippen LogP contribution in [-0.4, -0.2) is 13.5 Å². The van der Waals surface area contributed by atoms with Gasteiger partial charge in [-0.15, -0.1) is 0 Å². The molecule has 1 atom stereocenters. The average Bonchev–Trinajstić information content (AvgIpc) is 2.46. The number of allylic oxidation sites excluding steroid dienone is 2. The maximum absolute atomic E-state index is 6.15. The highest BCUT2D eigenvalue weighted by Gasteiger charge is 2.18. The molecular formula is C18H35BO. The fourth-order valence-corrected chi connectivity index (χ4v) is 2.96. The molecule has 0 amide bonds. The van der Waals surface area contributed by atoms with E-state index in [9.17, 15) is 0 Å². The van der Waals surface area contributed by atoms with Crippen molar-refractivity contribution in [3.8, 4) is 0 Å². The topological polar surface area (TPSA) is 9.23 Å². The summed E-state index contributed by atoms with van der Waals surface area (Å²) in [6.45, 7) is 8.21. The van der Waals surface area contributed by atoms with Crippen molar-refractivity contribution < 1.29 is 4.65 Å². The van der Waals surface area contributed by atoms with Crippen LogP contribution in [0.25, 0.3) is 0 Å². The lowest BCUT2D eigenvalue weighted by Crippen LogP contribution is -2.21. The predicted molar refractivity (Wildman–Crippen MR) is 91.4 cm³/mol. The molecule has 1 unspecified atom stereocenters. The largest absolute Gasteiger partial charge is 0.436 e. The molecule has 1 aliphatic rings. The number of unbranched alkanes of at least 4 members (excludes halogenated alkanes) is 3. The van der Waals surface area contributed by atoms with Crippen molar-refractivity contribution in [3.63, 3.8) is 0 Å².